The van der Waals surface area contributed by atoms with Gasteiger partial charge in [0.25, 0.3) is 0 Å². The smallest absolute Gasteiger partial charge is 0.328 e. The van der Waals surface area contributed by atoms with Crippen LogP contribution >= 0.6 is 0 Å². The van der Waals surface area contributed by atoms with Crippen molar-refractivity contribution in [2.24, 2.45) is 0 Å². The Morgan fingerprint density at radius 3 is 2.62 bits per heavy atom. The van der Waals surface area contributed by atoms with E-state index in [1.54, 1.807) is 12.1 Å². The first-order valence-electron chi connectivity index (χ1n) is 6.92. The number of methoxy groups -OCH3 is 1. The van der Waals surface area contributed by atoms with Crippen molar-refractivity contribution in [1.29, 1.82) is 0 Å². The lowest BCUT2D eigenvalue weighted by Crippen LogP contribution is -2.43. The van der Waals surface area contributed by atoms with Crippen LogP contribution in [0.5, 0.6) is 0 Å². The Bertz CT molecular complexity index is 551. The summed E-state index contributed by atoms with van der Waals surface area (Å²) in [4.78, 5) is 23.9. The largest absolute Gasteiger partial charge is 0.467 e. The lowest BCUT2D eigenvalue weighted by atomic mass is 10.1. The van der Waals surface area contributed by atoms with Gasteiger partial charge in [-0.1, -0.05) is 18.2 Å². The summed E-state index contributed by atoms with van der Waals surface area (Å²) >= 11 is 0. The number of benzene rings is 1. The molecule has 21 heavy (non-hydrogen) atoms. The zero-order valence-electron chi connectivity index (χ0n) is 11.9. The van der Waals surface area contributed by atoms with E-state index in [2.05, 4.69) is 5.32 Å². The molecule has 0 aliphatic heterocycles. The molecule has 2 rings (SSSR count). The summed E-state index contributed by atoms with van der Waals surface area (Å²) in [7, 11) is 1.28. The van der Waals surface area contributed by atoms with Gasteiger partial charge >= 0.3 is 5.97 Å². The Hall–Kier alpha value is -2.17. The molecule has 1 atom stereocenters. The summed E-state index contributed by atoms with van der Waals surface area (Å²) < 4.78 is 17.6. The first-order chi connectivity index (χ1) is 10.1. The van der Waals surface area contributed by atoms with Gasteiger partial charge in [-0.2, -0.15) is 0 Å². The van der Waals surface area contributed by atoms with Crippen LogP contribution in [-0.4, -0.2) is 25.0 Å². The van der Waals surface area contributed by atoms with Gasteiger partial charge in [0.2, 0.25) is 5.91 Å². The van der Waals surface area contributed by atoms with Crippen LogP contribution in [0.2, 0.25) is 0 Å². The summed E-state index contributed by atoms with van der Waals surface area (Å²) in [6, 6.07) is 5.06. The lowest BCUT2D eigenvalue weighted by molar-refractivity contribution is -0.144. The van der Waals surface area contributed by atoms with E-state index >= 15 is 0 Å². The molecule has 0 aromatic heterocycles. The Morgan fingerprint density at radius 1 is 1.33 bits per heavy atom. The quantitative estimate of drug-likeness (QED) is 0.846. The fourth-order valence-corrected chi connectivity index (χ4v) is 2.32. The van der Waals surface area contributed by atoms with Crippen molar-refractivity contribution in [2.75, 3.05) is 7.11 Å². The van der Waals surface area contributed by atoms with Crippen LogP contribution in [0.3, 0.4) is 0 Å². The Balaban J connectivity index is 2.05. The number of amides is 1. The van der Waals surface area contributed by atoms with Gasteiger partial charge in [-0.3, -0.25) is 4.79 Å². The maximum absolute atomic E-state index is 12.9. The molecular formula is C16H18FNO3. The number of carbonyl (C=O) groups excluding carboxylic acids is 2. The van der Waals surface area contributed by atoms with Gasteiger partial charge in [-0.15, -0.1) is 0 Å². The molecule has 0 unspecified atom stereocenters. The SMILES string of the molecule is COC(=O)[C@@H](Cc1ccc(F)cc1)NC(=O)C1=CCCC1. The van der Waals surface area contributed by atoms with Crippen molar-refractivity contribution in [1.82, 2.24) is 5.32 Å². The highest BCUT2D eigenvalue weighted by Gasteiger charge is 2.24. The number of esters is 1. The average molecular weight is 291 g/mol. The van der Waals surface area contributed by atoms with E-state index in [4.69, 9.17) is 4.74 Å². The maximum Gasteiger partial charge on any atom is 0.328 e. The molecule has 0 saturated heterocycles. The van der Waals surface area contributed by atoms with Gasteiger partial charge in [-0.05, 0) is 37.0 Å². The minimum absolute atomic E-state index is 0.231. The predicted octanol–water partition coefficient (Wildman–Crippen LogP) is 2.14. The molecule has 0 bridgehead atoms. The molecule has 0 spiro atoms. The van der Waals surface area contributed by atoms with Gasteiger partial charge in [0, 0.05) is 12.0 Å². The molecule has 1 aliphatic rings. The first-order valence-corrected chi connectivity index (χ1v) is 6.92. The Morgan fingerprint density at radius 2 is 2.05 bits per heavy atom. The van der Waals surface area contributed by atoms with E-state index in [1.807, 2.05) is 6.08 Å². The van der Waals surface area contributed by atoms with Crippen molar-refractivity contribution in [3.63, 3.8) is 0 Å². The van der Waals surface area contributed by atoms with Crippen LogP contribution in [0.1, 0.15) is 24.8 Å². The fraction of sp³-hybridized carbons (Fsp3) is 0.375. The van der Waals surface area contributed by atoms with Crippen LogP contribution in [0.25, 0.3) is 0 Å². The van der Waals surface area contributed by atoms with Crippen molar-refractivity contribution >= 4 is 11.9 Å². The number of hydrogen-bond acceptors (Lipinski definition) is 3. The van der Waals surface area contributed by atoms with Gasteiger partial charge in [-0.25, -0.2) is 9.18 Å². The number of hydrogen-bond donors (Lipinski definition) is 1. The molecular weight excluding hydrogens is 273 g/mol. The maximum atomic E-state index is 12.9. The summed E-state index contributed by atoms with van der Waals surface area (Å²) in [5.74, 6) is -1.08. The monoisotopic (exact) mass is 291 g/mol. The third-order valence-electron chi connectivity index (χ3n) is 3.48. The van der Waals surface area contributed by atoms with Gasteiger partial charge < -0.3 is 10.1 Å². The standard InChI is InChI=1S/C16H18FNO3/c1-21-16(20)14(10-11-6-8-13(17)9-7-11)18-15(19)12-4-2-3-5-12/h4,6-9,14H,2-3,5,10H2,1H3,(H,18,19)/t14-/m1/s1. The second-order valence-electron chi connectivity index (χ2n) is 5.00. The van der Waals surface area contributed by atoms with Gasteiger partial charge in [0.1, 0.15) is 11.9 Å². The normalized spacial score (nSPS) is 15.2. The molecule has 0 saturated carbocycles. The fourth-order valence-electron chi connectivity index (χ4n) is 2.32. The number of halogens is 1. The summed E-state index contributed by atoms with van der Waals surface area (Å²) in [5, 5.41) is 2.70. The average Bonchev–Trinajstić information content (AvgIpc) is 3.02. The molecule has 112 valence electrons. The highest BCUT2D eigenvalue weighted by Crippen LogP contribution is 2.18. The number of ether oxygens (including phenoxy) is 1. The third-order valence-corrected chi connectivity index (χ3v) is 3.48. The van der Waals surface area contributed by atoms with E-state index in [1.165, 1.54) is 19.2 Å². The summed E-state index contributed by atoms with van der Waals surface area (Å²) in [6.45, 7) is 0. The Labute approximate surface area is 123 Å². The summed E-state index contributed by atoms with van der Waals surface area (Å²) in [5.41, 5.74) is 1.47. The van der Waals surface area contributed by atoms with E-state index < -0.39 is 12.0 Å². The van der Waals surface area contributed by atoms with Crippen molar-refractivity contribution in [2.45, 2.75) is 31.7 Å². The van der Waals surface area contributed by atoms with Crippen LogP contribution in [-0.2, 0) is 20.7 Å². The molecule has 0 fully saturated rings. The van der Waals surface area contributed by atoms with Crippen LogP contribution < -0.4 is 5.32 Å². The van der Waals surface area contributed by atoms with E-state index in [9.17, 15) is 14.0 Å². The number of allylic oxidation sites excluding steroid dienone is 1. The van der Waals surface area contributed by atoms with Gasteiger partial charge in [0.15, 0.2) is 0 Å². The second-order valence-corrected chi connectivity index (χ2v) is 5.00. The molecule has 0 heterocycles. The molecule has 1 N–H and O–H groups in total. The van der Waals surface area contributed by atoms with E-state index in [0.29, 0.717) is 5.57 Å². The lowest BCUT2D eigenvalue weighted by Gasteiger charge is -2.17. The number of rotatable bonds is 5. The zero-order chi connectivity index (χ0) is 15.2. The molecule has 4 nitrogen and oxygen atoms in total. The summed E-state index contributed by atoms with van der Waals surface area (Å²) in [6.07, 6.45) is 4.75. The zero-order valence-corrected chi connectivity index (χ0v) is 11.9. The molecule has 5 heteroatoms. The van der Waals surface area contributed by atoms with Crippen LogP contribution in [0.15, 0.2) is 35.9 Å². The second kappa shape index (κ2) is 7.02. The van der Waals surface area contributed by atoms with E-state index in [0.717, 1.165) is 24.8 Å². The molecule has 1 aromatic rings. The number of nitrogens with one attached hydrogen (secondary N) is 1. The van der Waals surface area contributed by atoms with Crippen molar-refractivity contribution < 1.29 is 18.7 Å². The molecule has 1 aromatic carbocycles. The van der Waals surface area contributed by atoms with Gasteiger partial charge in [0.05, 0.1) is 7.11 Å². The van der Waals surface area contributed by atoms with Crippen molar-refractivity contribution in [3.05, 3.63) is 47.3 Å². The van der Waals surface area contributed by atoms with E-state index in [-0.39, 0.29) is 18.1 Å². The first kappa shape index (κ1) is 15.2. The number of carbonyl (C=O) groups is 2. The van der Waals surface area contributed by atoms with Crippen molar-refractivity contribution in [3.8, 4) is 0 Å². The minimum Gasteiger partial charge on any atom is -0.467 e. The van der Waals surface area contributed by atoms with Crippen LogP contribution in [0, 0.1) is 5.82 Å². The highest BCUT2D eigenvalue weighted by molar-refractivity contribution is 5.96. The predicted molar refractivity (Wildman–Crippen MR) is 76.0 cm³/mol. The molecule has 1 amide bonds. The molecule has 1 aliphatic carbocycles. The third kappa shape index (κ3) is 4.15. The van der Waals surface area contributed by atoms with Crippen LogP contribution in [0.4, 0.5) is 4.39 Å². The highest BCUT2D eigenvalue weighted by atomic mass is 19.1. The topological polar surface area (TPSA) is 55.4 Å². The minimum atomic E-state index is -0.769. The molecule has 0 radical (unpaired) electrons. The Kier molecular flexibility index (Phi) is 5.09.